The molecular formula is C46H41N3O9. The minimum absolute atomic E-state index is 0.0111. The van der Waals surface area contributed by atoms with Gasteiger partial charge in [0, 0.05) is 65.0 Å². The van der Waals surface area contributed by atoms with E-state index < -0.39 is 17.7 Å². The van der Waals surface area contributed by atoms with Gasteiger partial charge in [0.25, 0.3) is 5.91 Å². The van der Waals surface area contributed by atoms with Crippen LogP contribution in [0.2, 0.25) is 0 Å². The number of alkyl carbamates (subject to hydrolysis) is 1. The van der Waals surface area contributed by atoms with Crippen LogP contribution in [0.15, 0.2) is 115 Å². The summed E-state index contributed by atoms with van der Waals surface area (Å²) >= 11 is 0. The van der Waals surface area contributed by atoms with E-state index in [9.17, 15) is 24.6 Å². The Kier molecular flexibility index (Phi) is 10.6. The Balaban J connectivity index is 0.837. The summed E-state index contributed by atoms with van der Waals surface area (Å²) in [7, 11) is 1.35. The predicted molar refractivity (Wildman–Crippen MR) is 215 cm³/mol. The Morgan fingerprint density at radius 1 is 0.810 bits per heavy atom. The van der Waals surface area contributed by atoms with Gasteiger partial charge in [-0.25, -0.2) is 9.59 Å². The maximum Gasteiger partial charge on any atom is 0.406 e. The molecule has 2 amide bonds. The van der Waals surface area contributed by atoms with Crippen molar-refractivity contribution in [3.8, 4) is 28.7 Å². The number of fused-ring (bicyclic) bond motifs is 7. The van der Waals surface area contributed by atoms with Crippen molar-refractivity contribution in [2.24, 2.45) is 0 Å². The van der Waals surface area contributed by atoms with Gasteiger partial charge in [-0.2, -0.15) is 0 Å². The highest BCUT2D eigenvalue weighted by atomic mass is 16.6. The summed E-state index contributed by atoms with van der Waals surface area (Å²) in [5, 5.41) is 27.2. The lowest BCUT2D eigenvalue weighted by molar-refractivity contribution is 0.0224. The Hall–Kier alpha value is -7.08. The topological polar surface area (TPSA) is 166 Å². The normalized spacial score (nSPS) is 13.7. The number of nitrogens with one attached hydrogen (secondary N) is 2. The Labute approximate surface area is 334 Å². The molecule has 5 aromatic carbocycles. The highest BCUT2D eigenvalue weighted by Gasteiger charge is 2.53. The van der Waals surface area contributed by atoms with Crippen LogP contribution in [-0.2, 0) is 21.5 Å². The summed E-state index contributed by atoms with van der Waals surface area (Å²) in [5.41, 5.74) is 3.78. The van der Waals surface area contributed by atoms with E-state index in [0.717, 1.165) is 47.0 Å². The molecule has 0 bridgehead atoms. The lowest BCUT2D eigenvalue weighted by atomic mass is 9.77. The predicted octanol–water partition coefficient (Wildman–Crippen LogP) is 7.88. The zero-order valence-corrected chi connectivity index (χ0v) is 31.7. The van der Waals surface area contributed by atoms with Crippen LogP contribution >= 0.6 is 0 Å². The molecule has 1 spiro atoms. The fourth-order valence-electron chi connectivity index (χ4n) is 7.68. The maximum atomic E-state index is 13.4. The molecule has 2 aliphatic rings. The van der Waals surface area contributed by atoms with Gasteiger partial charge in [0.1, 0.15) is 28.7 Å². The highest BCUT2D eigenvalue weighted by Crippen LogP contribution is 2.57. The molecule has 0 aliphatic carbocycles. The summed E-state index contributed by atoms with van der Waals surface area (Å²) < 4.78 is 22.9. The second kappa shape index (κ2) is 16.2. The number of unbranched alkanes of at least 4 members (excludes halogenated alkanes) is 2. The van der Waals surface area contributed by atoms with Crippen molar-refractivity contribution >= 4 is 28.9 Å². The summed E-state index contributed by atoms with van der Waals surface area (Å²) in [6.45, 7) is 1.35. The first-order valence-electron chi connectivity index (χ1n) is 19.1. The number of aromatic nitrogens is 1. The van der Waals surface area contributed by atoms with Crippen molar-refractivity contribution in [1.29, 1.82) is 0 Å². The molecular weight excluding hydrogens is 739 g/mol. The number of benzene rings is 5. The minimum atomic E-state index is -1.39. The first kappa shape index (κ1) is 37.8. The van der Waals surface area contributed by atoms with E-state index in [4.69, 9.17) is 18.9 Å². The van der Waals surface area contributed by atoms with Crippen molar-refractivity contribution in [2.75, 3.05) is 26.8 Å². The third kappa shape index (κ3) is 7.56. The Morgan fingerprint density at radius 3 is 2.28 bits per heavy atom. The number of pyridine rings is 1. The van der Waals surface area contributed by atoms with E-state index in [1.165, 1.54) is 37.4 Å². The fraction of sp³-hybridized carbons (Fsp3) is 0.217. The summed E-state index contributed by atoms with van der Waals surface area (Å²) in [5.74, 6) is 0.317. The van der Waals surface area contributed by atoms with Gasteiger partial charge in [-0.15, -0.1) is 0 Å². The summed E-state index contributed by atoms with van der Waals surface area (Å²) in [4.78, 5) is 43.1. The lowest BCUT2D eigenvalue weighted by Crippen LogP contribution is -2.33. The number of rotatable bonds is 13. The molecule has 58 heavy (non-hydrogen) atoms. The number of esters is 1. The second-order valence-electron chi connectivity index (χ2n) is 14.3. The van der Waals surface area contributed by atoms with Gasteiger partial charge in [0.05, 0.1) is 24.8 Å². The molecule has 0 saturated heterocycles. The highest BCUT2D eigenvalue weighted by molar-refractivity contribution is 6.01. The molecule has 1 aromatic heterocycles. The van der Waals surface area contributed by atoms with Crippen molar-refractivity contribution in [3.63, 3.8) is 0 Å². The van der Waals surface area contributed by atoms with Crippen LogP contribution in [0.4, 0.5) is 4.79 Å². The van der Waals surface area contributed by atoms with Crippen molar-refractivity contribution in [2.45, 2.75) is 37.2 Å². The molecule has 0 saturated carbocycles. The first-order chi connectivity index (χ1) is 28.2. The number of hydrogen-bond donors (Lipinski definition) is 4. The maximum absolute atomic E-state index is 13.4. The van der Waals surface area contributed by atoms with Crippen LogP contribution in [0.3, 0.4) is 0 Å². The lowest BCUT2D eigenvalue weighted by Gasteiger charge is -2.36. The third-order valence-electron chi connectivity index (χ3n) is 10.6. The molecule has 4 N–H and O–H groups in total. The minimum Gasteiger partial charge on any atom is -0.508 e. The fourth-order valence-corrected chi connectivity index (χ4v) is 7.68. The van der Waals surface area contributed by atoms with Gasteiger partial charge in [0.2, 0.25) is 0 Å². The van der Waals surface area contributed by atoms with Crippen LogP contribution in [0, 0.1) is 0 Å². The molecule has 1 unspecified atom stereocenters. The van der Waals surface area contributed by atoms with Gasteiger partial charge in [0.15, 0.2) is 5.60 Å². The number of methoxy groups -OCH3 is 1. The molecule has 12 heteroatoms. The number of aromatic hydroxyl groups is 2. The number of hydrogen-bond acceptors (Lipinski definition) is 10. The summed E-state index contributed by atoms with van der Waals surface area (Å²) in [6, 6.07) is 32.0. The van der Waals surface area contributed by atoms with Crippen LogP contribution in [0.1, 0.15) is 73.7 Å². The molecule has 1 atom stereocenters. The van der Waals surface area contributed by atoms with E-state index >= 15 is 0 Å². The first-order valence-corrected chi connectivity index (χ1v) is 19.1. The number of phenolic OH excluding ortho intramolecular Hbond substituents is 2. The average Bonchev–Trinajstić information content (AvgIpc) is 3.52. The van der Waals surface area contributed by atoms with Crippen molar-refractivity contribution < 1.29 is 43.5 Å². The van der Waals surface area contributed by atoms with E-state index in [-0.39, 0.29) is 40.4 Å². The monoisotopic (exact) mass is 779 g/mol. The number of carbonyl (C=O) groups excluding carboxylic acids is 3. The van der Waals surface area contributed by atoms with E-state index in [1.807, 2.05) is 54.7 Å². The molecule has 0 fully saturated rings. The van der Waals surface area contributed by atoms with Crippen LogP contribution in [-0.4, -0.2) is 60.0 Å². The van der Waals surface area contributed by atoms with Crippen molar-refractivity contribution in [3.05, 3.63) is 154 Å². The van der Waals surface area contributed by atoms with Gasteiger partial charge < -0.3 is 39.8 Å². The number of carbonyl (C=O) groups is 3. The number of amides is 2. The van der Waals surface area contributed by atoms with Crippen LogP contribution in [0.25, 0.3) is 10.9 Å². The third-order valence-corrected chi connectivity index (χ3v) is 10.6. The number of nitrogens with zero attached hydrogens (tertiary/aromatic N) is 1. The Morgan fingerprint density at radius 2 is 1.53 bits per heavy atom. The van der Waals surface area contributed by atoms with E-state index in [0.29, 0.717) is 48.4 Å². The molecule has 3 heterocycles. The quantitative estimate of drug-likeness (QED) is 0.0670. The smallest absolute Gasteiger partial charge is 0.406 e. The molecule has 8 rings (SSSR count). The number of para-hydroxylation sites is 1. The van der Waals surface area contributed by atoms with Crippen LogP contribution < -0.4 is 20.1 Å². The molecule has 2 aliphatic heterocycles. The van der Waals surface area contributed by atoms with E-state index in [1.54, 1.807) is 24.3 Å². The van der Waals surface area contributed by atoms with Gasteiger partial charge in [-0.3, -0.25) is 9.78 Å². The average molecular weight is 780 g/mol. The zero-order chi connectivity index (χ0) is 40.2. The molecule has 6 aromatic rings. The zero-order valence-electron chi connectivity index (χ0n) is 31.7. The standard InChI is InChI=1S/C46H41N3O9/c1-55-45(54)49-27-32(22-28-21-30-7-3-4-8-40(30)48-26-28)29-9-14-35(15-10-29)56-20-6-2-5-19-47-43(52)31-11-16-37-36(23-31)44(53)58-46(37)38-17-12-33(50)24-41(38)57-42-25-34(51)13-18-39(42)46/h3-4,7-18,21,23-26,32,50-51H,2,5-6,19-20,22,27H2,1H3,(H,47,52)(H,49,54). The molecule has 294 valence electrons. The number of ether oxygens (including phenoxy) is 4. The van der Waals surface area contributed by atoms with Crippen molar-refractivity contribution in [1.82, 2.24) is 15.6 Å². The van der Waals surface area contributed by atoms with Gasteiger partial charge >= 0.3 is 12.1 Å². The van der Waals surface area contributed by atoms with Crippen LogP contribution in [0.5, 0.6) is 28.7 Å². The van der Waals surface area contributed by atoms with Gasteiger partial charge in [-0.1, -0.05) is 36.4 Å². The van der Waals surface area contributed by atoms with E-state index in [2.05, 4.69) is 21.7 Å². The molecule has 12 nitrogen and oxygen atoms in total. The number of phenols is 2. The SMILES string of the molecule is COC(=O)NCC(Cc1cnc2ccccc2c1)c1ccc(OCCCCCNC(=O)c2ccc3c(c2)C(=O)OC32c3ccc(O)cc3Oc3cc(O)ccc32)cc1. The Bertz CT molecular complexity index is 2470. The second-order valence-corrected chi connectivity index (χ2v) is 14.3. The molecule has 0 radical (unpaired) electrons. The summed E-state index contributed by atoms with van der Waals surface area (Å²) in [6.07, 6.45) is 4.42. The van der Waals surface area contributed by atoms with Gasteiger partial charge in [-0.05, 0) is 97.5 Å². The largest absolute Gasteiger partial charge is 0.508 e.